The predicted molar refractivity (Wildman–Crippen MR) is 72.9 cm³/mol. The Morgan fingerprint density at radius 3 is 2.72 bits per heavy atom. The van der Waals surface area contributed by atoms with Gasteiger partial charge in [0.2, 0.25) is 0 Å². The maximum atomic E-state index is 5.66. The lowest BCUT2D eigenvalue weighted by molar-refractivity contribution is 0.145. The Labute approximate surface area is 110 Å². The van der Waals surface area contributed by atoms with E-state index in [-0.39, 0.29) is 0 Å². The van der Waals surface area contributed by atoms with E-state index >= 15 is 0 Å². The summed E-state index contributed by atoms with van der Waals surface area (Å²) in [6, 6.07) is 3.94. The largest absolute Gasteiger partial charge is 0.489 e. The highest BCUT2D eigenvalue weighted by molar-refractivity contribution is 5.29. The van der Waals surface area contributed by atoms with Crippen LogP contribution in [-0.2, 0) is 11.3 Å². The molecule has 0 aliphatic carbocycles. The van der Waals surface area contributed by atoms with Crippen LogP contribution in [0.4, 0.5) is 0 Å². The zero-order chi connectivity index (χ0) is 13.4. The highest BCUT2D eigenvalue weighted by atomic mass is 16.5. The van der Waals surface area contributed by atoms with Crippen molar-refractivity contribution in [3.8, 4) is 5.75 Å². The first-order chi connectivity index (χ1) is 8.63. The molecule has 18 heavy (non-hydrogen) atoms. The molecule has 4 heteroatoms. The van der Waals surface area contributed by atoms with E-state index in [1.807, 2.05) is 19.1 Å². The Hall–Kier alpha value is -1.13. The summed E-state index contributed by atoms with van der Waals surface area (Å²) in [6.07, 6.45) is 0. The van der Waals surface area contributed by atoms with Gasteiger partial charge in [0.1, 0.15) is 12.4 Å². The minimum atomic E-state index is 0.554. The average Bonchev–Trinajstić information content (AvgIpc) is 2.31. The predicted octanol–water partition coefficient (Wildman–Crippen LogP) is 2.16. The highest BCUT2D eigenvalue weighted by Crippen LogP contribution is 2.16. The third kappa shape index (κ3) is 5.47. The average molecular weight is 252 g/mol. The number of aryl methyl sites for hydroxylation is 1. The number of rotatable bonds is 8. The van der Waals surface area contributed by atoms with Gasteiger partial charge < -0.3 is 14.8 Å². The Bertz CT molecular complexity index is 354. The molecule has 0 aliphatic heterocycles. The van der Waals surface area contributed by atoms with E-state index in [4.69, 9.17) is 9.47 Å². The standard InChI is InChI=1S/C14H24N2O2/c1-11(2)9-15-10-13-14(18-8-7-17-4)6-5-12(3)16-13/h5-6,11,15H,7-10H2,1-4H3. The molecule has 0 spiro atoms. The van der Waals surface area contributed by atoms with Crippen LogP contribution < -0.4 is 10.1 Å². The third-order valence-corrected chi connectivity index (χ3v) is 2.46. The van der Waals surface area contributed by atoms with E-state index in [1.54, 1.807) is 7.11 Å². The molecule has 4 nitrogen and oxygen atoms in total. The normalized spacial score (nSPS) is 10.9. The van der Waals surface area contributed by atoms with E-state index in [0.29, 0.717) is 19.1 Å². The van der Waals surface area contributed by atoms with E-state index in [9.17, 15) is 0 Å². The van der Waals surface area contributed by atoms with Gasteiger partial charge >= 0.3 is 0 Å². The summed E-state index contributed by atoms with van der Waals surface area (Å²) in [4.78, 5) is 4.52. The molecule has 0 radical (unpaired) electrons. The second-order valence-corrected chi connectivity index (χ2v) is 4.76. The number of hydrogen-bond acceptors (Lipinski definition) is 4. The minimum Gasteiger partial charge on any atom is -0.489 e. The van der Waals surface area contributed by atoms with Gasteiger partial charge in [0, 0.05) is 19.3 Å². The van der Waals surface area contributed by atoms with Gasteiger partial charge in [0.25, 0.3) is 0 Å². The molecule has 1 aromatic rings. The number of hydrogen-bond donors (Lipinski definition) is 1. The van der Waals surface area contributed by atoms with Gasteiger partial charge in [-0.15, -0.1) is 0 Å². The fourth-order valence-corrected chi connectivity index (χ4v) is 1.57. The molecule has 0 atom stereocenters. The van der Waals surface area contributed by atoms with Gasteiger partial charge in [-0.25, -0.2) is 0 Å². The van der Waals surface area contributed by atoms with Crippen LogP contribution in [0.1, 0.15) is 25.2 Å². The smallest absolute Gasteiger partial charge is 0.142 e. The molecule has 1 rings (SSSR count). The van der Waals surface area contributed by atoms with Crippen LogP contribution >= 0.6 is 0 Å². The van der Waals surface area contributed by atoms with Crippen LogP contribution in [0.15, 0.2) is 12.1 Å². The van der Waals surface area contributed by atoms with E-state index < -0.39 is 0 Å². The number of nitrogens with one attached hydrogen (secondary N) is 1. The summed E-state index contributed by atoms with van der Waals surface area (Å²) in [5.74, 6) is 1.47. The quantitative estimate of drug-likeness (QED) is 0.720. The van der Waals surface area contributed by atoms with Crippen molar-refractivity contribution in [3.63, 3.8) is 0 Å². The zero-order valence-corrected chi connectivity index (χ0v) is 11.8. The fraction of sp³-hybridized carbons (Fsp3) is 0.643. The topological polar surface area (TPSA) is 43.4 Å². The van der Waals surface area contributed by atoms with Gasteiger partial charge in [-0.2, -0.15) is 0 Å². The number of ether oxygens (including phenoxy) is 2. The highest BCUT2D eigenvalue weighted by Gasteiger charge is 2.06. The SMILES string of the molecule is COCCOc1ccc(C)nc1CNCC(C)C. The van der Waals surface area contributed by atoms with Crippen molar-refractivity contribution in [1.29, 1.82) is 0 Å². The molecule has 0 amide bonds. The molecule has 0 saturated heterocycles. The first kappa shape index (κ1) is 14.9. The van der Waals surface area contributed by atoms with Crippen LogP contribution in [-0.4, -0.2) is 31.9 Å². The number of pyridine rings is 1. The summed E-state index contributed by atoms with van der Waals surface area (Å²) in [7, 11) is 1.67. The van der Waals surface area contributed by atoms with E-state index in [2.05, 4.69) is 24.1 Å². The maximum Gasteiger partial charge on any atom is 0.142 e. The molecule has 102 valence electrons. The van der Waals surface area contributed by atoms with E-state index in [0.717, 1.165) is 30.2 Å². The fourth-order valence-electron chi connectivity index (χ4n) is 1.57. The lowest BCUT2D eigenvalue weighted by Crippen LogP contribution is -2.20. The molecule has 0 aromatic carbocycles. The van der Waals surface area contributed by atoms with Crippen molar-refractivity contribution in [2.45, 2.75) is 27.3 Å². The maximum absolute atomic E-state index is 5.66. The van der Waals surface area contributed by atoms with Gasteiger partial charge in [-0.05, 0) is 31.5 Å². The van der Waals surface area contributed by atoms with Crippen molar-refractivity contribution in [1.82, 2.24) is 10.3 Å². The monoisotopic (exact) mass is 252 g/mol. The Balaban J connectivity index is 2.58. The summed E-state index contributed by atoms with van der Waals surface area (Å²) < 4.78 is 10.6. The van der Waals surface area contributed by atoms with Crippen molar-refractivity contribution in [2.75, 3.05) is 26.9 Å². The second-order valence-electron chi connectivity index (χ2n) is 4.76. The Morgan fingerprint density at radius 1 is 1.28 bits per heavy atom. The summed E-state index contributed by atoms with van der Waals surface area (Å²) in [5, 5.41) is 3.39. The third-order valence-electron chi connectivity index (χ3n) is 2.46. The minimum absolute atomic E-state index is 0.554. The van der Waals surface area contributed by atoms with Gasteiger partial charge in [-0.3, -0.25) is 4.98 Å². The lowest BCUT2D eigenvalue weighted by atomic mass is 10.2. The molecule has 1 heterocycles. The number of nitrogens with zero attached hydrogens (tertiary/aromatic N) is 1. The van der Waals surface area contributed by atoms with Crippen LogP contribution in [0.3, 0.4) is 0 Å². The Kier molecular flexibility index (Phi) is 6.68. The second kappa shape index (κ2) is 8.06. The summed E-state index contributed by atoms with van der Waals surface area (Å²) >= 11 is 0. The summed E-state index contributed by atoms with van der Waals surface area (Å²) in [6.45, 7) is 9.23. The first-order valence-corrected chi connectivity index (χ1v) is 6.42. The molecular weight excluding hydrogens is 228 g/mol. The molecule has 0 saturated carbocycles. The van der Waals surface area contributed by atoms with Gasteiger partial charge in [0.15, 0.2) is 0 Å². The van der Waals surface area contributed by atoms with Crippen LogP contribution in [0, 0.1) is 12.8 Å². The number of aromatic nitrogens is 1. The van der Waals surface area contributed by atoms with Crippen molar-refractivity contribution >= 4 is 0 Å². The summed E-state index contributed by atoms with van der Waals surface area (Å²) in [5.41, 5.74) is 1.97. The lowest BCUT2D eigenvalue weighted by Gasteiger charge is -2.13. The van der Waals surface area contributed by atoms with E-state index in [1.165, 1.54) is 0 Å². The number of methoxy groups -OCH3 is 1. The molecule has 0 aliphatic rings. The molecule has 0 unspecified atom stereocenters. The van der Waals surface area contributed by atoms with Crippen LogP contribution in [0.2, 0.25) is 0 Å². The van der Waals surface area contributed by atoms with Crippen LogP contribution in [0.25, 0.3) is 0 Å². The zero-order valence-electron chi connectivity index (χ0n) is 11.8. The molecule has 1 aromatic heterocycles. The molecule has 0 fully saturated rings. The van der Waals surface area contributed by atoms with Crippen molar-refractivity contribution < 1.29 is 9.47 Å². The molecular formula is C14H24N2O2. The Morgan fingerprint density at radius 2 is 2.06 bits per heavy atom. The van der Waals surface area contributed by atoms with Crippen molar-refractivity contribution in [2.24, 2.45) is 5.92 Å². The van der Waals surface area contributed by atoms with Gasteiger partial charge in [-0.1, -0.05) is 13.8 Å². The first-order valence-electron chi connectivity index (χ1n) is 6.42. The molecule has 1 N–H and O–H groups in total. The molecule has 0 bridgehead atoms. The van der Waals surface area contributed by atoms with Gasteiger partial charge in [0.05, 0.1) is 12.3 Å². The van der Waals surface area contributed by atoms with Crippen LogP contribution in [0.5, 0.6) is 5.75 Å². The van der Waals surface area contributed by atoms with Crippen molar-refractivity contribution in [3.05, 3.63) is 23.5 Å².